The average Bonchev–Trinajstić information content (AvgIpc) is 3.31. The third-order valence-corrected chi connectivity index (χ3v) is 5.58. The van der Waals surface area contributed by atoms with Gasteiger partial charge in [-0.15, -0.1) is 0 Å². The van der Waals surface area contributed by atoms with Gasteiger partial charge in [-0.1, -0.05) is 23.7 Å². The van der Waals surface area contributed by atoms with E-state index in [4.69, 9.17) is 21.1 Å². The maximum absolute atomic E-state index is 12.9. The summed E-state index contributed by atoms with van der Waals surface area (Å²) in [6, 6.07) is 16.8. The first-order valence-corrected chi connectivity index (χ1v) is 10.6. The Kier molecular flexibility index (Phi) is 6.74. The number of hydrogen-bond donors (Lipinski definition) is 1. The van der Waals surface area contributed by atoms with Gasteiger partial charge in [-0.3, -0.25) is 14.8 Å². The lowest BCUT2D eigenvalue weighted by Crippen LogP contribution is -2.49. The number of nitrogens with zero attached hydrogens (tertiary/aromatic N) is 3. The van der Waals surface area contributed by atoms with E-state index in [0.29, 0.717) is 30.4 Å². The summed E-state index contributed by atoms with van der Waals surface area (Å²) in [4.78, 5) is 17.0. The van der Waals surface area contributed by atoms with Gasteiger partial charge in [0.05, 0.1) is 12.8 Å². The Morgan fingerprint density at radius 3 is 2.58 bits per heavy atom. The van der Waals surface area contributed by atoms with Crippen LogP contribution in [0.1, 0.15) is 10.5 Å². The number of amides is 1. The third-order valence-electron chi connectivity index (χ3n) is 5.32. The van der Waals surface area contributed by atoms with Crippen LogP contribution in [-0.2, 0) is 0 Å². The molecule has 0 atom stereocenters. The predicted octanol–water partition coefficient (Wildman–Crippen LogP) is 3.58. The zero-order chi connectivity index (χ0) is 21.6. The van der Waals surface area contributed by atoms with Crippen LogP contribution in [0.15, 0.2) is 54.6 Å². The van der Waals surface area contributed by atoms with Gasteiger partial charge in [0.1, 0.15) is 23.8 Å². The standard InChI is InChI=1S/C23H25ClN4O3/c1-30-20-4-2-3-17(15-20)21-16-22(26-25-21)23(29)28-11-9-27(10-12-28)13-14-31-19-7-5-18(24)6-8-19/h2-8,15-16H,9-14H2,1H3,(H,25,26). The van der Waals surface area contributed by atoms with Gasteiger partial charge in [-0.05, 0) is 42.5 Å². The molecular weight excluding hydrogens is 416 g/mol. The molecule has 1 N–H and O–H groups in total. The number of carbonyl (C=O) groups excluding carboxylic acids is 1. The highest BCUT2D eigenvalue weighted by molar-refractivity contribution is 6.30. The van der Waals surface area contributed by atoms with Crippen LogP contribution in [0.5, 0.6) is 11.5 Å². The third kappa shape index (κ3) is 5.37. The molecule has 0 unspecified atom stereocenters. The number of benzene rings is 2. The molecule has 7 nitrogen and oxygen atoms in total. The quantitative estimate of drug-likeness (QED) is 0.608. The Bertz CT molecular complexity index is 1010. The molecule has 8 heteroatoms. The van der Waals surface area contributed by atoms with E-state index in [1.54, 1.807) is 13.2 Å². The summed E-state index contributed by atoms with van der Waals surface area (Å²) in [7, 11) is 1.63. The predicted molar refractivity (Wildman–Crippen MR) is 120 cm³/mol. The SMILES string of the molecule is COc1cccc(-c2cc(C(=O)N3CCN(CCOc4ccc(Cl)cc4)CC3)[nH]n2)c1. The Hall–Kier alpha value is -3.03. The van der Waals surface area contributed by atoms with Crippen molar-refractivity contribution in [3.05, 3.63) is 65.3 Å². The number of halogens is 1. The molecule has 162 valence electrons. The average molecular weight is 441 g/mol. The molecule has 0 spiro atoms. The van der Waals surface area contributed by atoms with E-state index in [1.807, 2.05) is 53.4 Å². The van der Waals surface area contributed by atoms with Crippen LogP contribution in [0.25, 0.3) is 11.3 Å². The van der Waals surface area contributed by atoms with Crippen molar-refractivity contribution in [2.24, 2.45) is 0 Å². The fraction of sp³-hybridized carbons (Fsp3) is 0.304. The van der Waals surface area contributed by atoms with Crippen LogP contribution < -0.4 is 9.47 Å². The van der Waals surface area contributed by atoms with Gasteiger partial charge in [-0.25, -0.2) is 0 Å². The van der Waals surface area contributed by atoms with Gasteiger partial charge >= 0.3 is 0 Å². The number of aromatic nitrogens is 2. The van der Waals surface area contributed by atoms with Crippen molar-refractivity contribution in [2.75, 3.05) is 46.4 Å². The van der Waals surface area contributed by atoms with Crippen molar-refractivity contribution in [3.8, 4) is 22.8 Å². The van der Waals surface area contributed by atoms with Crippen LogP contribution in [0.4, 0.5) is 0 Å². The molecule has 1 aromatic heterocycles. The Morgan fingerprint density at radius 1 is 1.06 bits per heavy atom. The number of piperazine rings is 1. The lowest BCUT2D eigenvalue weighted by molar-refractivity contribution is 0.0614. The Balaban J connectivity index is 1.26. The molecule has 1 aliphatic rings. The van der Waals surface area contributed by atoms with Gasteiger partial charge in [0.15, 0.2) is 0 Å². The van der Waals surface area contributed by atoms with Crippen molar-refractivity contribution in [1.29, 1.82) is 0 Å². The molecule has 0 bridgehead atoms. The van der Waals surface area contributed by atoms with Gasteiger partial charge in [0, 0.05) is 43.3 Å². The first kappa shape index (κ1) is 21.2. The summed E-state index contributed by atoms with van der Waals surface area (Å²) in [5.74, 6) is 1.53. The minimum Gasteiger partial charge on any atom is -0.497 e. The van der Waals surface area contributed by atoms with Crippen LogP contribution in [0, 0.1) is 0 Å². The van der Waals surface area contributed by atoms with Crippen LogP contribution >= 0.6 is 11.6 Å². The summed E-state index contributed by atoms with van der Waals surface area (Å²) < 4.78 is 11.0. The van der Waals surface area contributed by atoms with E-state index < -0.39 is 0 Å². The molecule has 1 fully saturated rings. The summed E-state index contributed by atoms with van der Waals surface area (Å²) in [6.45, 7) is 4.38. The van der Waals surface area contributed by atoms with E-state index in [9.17, 15) is 4.79 Å². The highest BCUT2D eigenvalue weighted by Crippen LogP contribution is 2.23. The molecule has 2 aromatic carbocycles. The van der Waals surface area contributed by atoms with Crippen LogP contribution in [0.2, 0.25) is 5.02 Å². The summed E-state index contributed by atoms with van der Waals surface area (Å²) in [5, 5.41) is 7.88. The van der Waals surface area contributed by atoms with Crippen molar-refractivity contribution in [3.63, 3.8) is 0 Å². The number of nitrogens with one attached hydrogen (secondary N) is 1. The largest absolute Gasteiger partial charge is 0.497 e. The summed E-state index contributed by atoms with van der Waals surface area (Å²) in [6.07, 6.45) is 0. The number of methoxy groups -OCH3 is 1. The summed E-state index contributed by atoms with van der Waals surface area (Å²) in [5.41, 5.74) is 2.12. The van der Waals surface area contributed by atoms with Crippen LogP contribution in [-0.4, -0.2) is 72.3 Å². The van der Waals surface area contributed by atoms with Gasteiger partial charge in [0.25, 0.3) is 5.91 Å². The number of aromatic amines is 1. The second kappa shape index (κ2) is 9.85. The first-order valence-electron chi connectivity index (χ1n) is 10.2. The maximum atomic E-state index is 12.9. The molecule has 0 aliphatic carbocycles. The highest BCUT2D eigenvalue weighted by atomic mass is 35.5. The number of hydrogen-bond acceptors (Lipinski definition) is 5. The molecule has 1 saturated heterocycles. The zero-order valence-electron chi connectivity index (χ0n) is 17.4. The number of carbonyl (C=O) groups is 1. The number of ether oxygens (including phenoxy) is 2. The van der Waals surface area contributed by atoms with Crippen molar-refractivity contribution >= 4 is 17.5 Å². The fourth-order valence-electron chi connectivity index (χ4n) is 3.53. The molecule has 2 heterocycles. The van der Waals surface area contributed by atoms with E-state index >= 15 is 0 Å². The minimum atomic E-state index is -0.0290. The lowest BCUT2D eigenvalue weighted by atomic mass is 10.1. The number of H-pyrrole nitrogens is 1. The van der Waals surface area contributed by atoms with Gasteiger partial charge in [0.2, 0.25) is 0 Å². The molecule has 3 aromatic rings. The normalized spacial score (nSPS) is 14.5. The highest BCUT2D eigenvalue weighted by Gasteiger charge is 2.23. The molecule has 1 aliphatic heterocycles. The van der Waals surface area contributed by atoms with Gasteiger partial charge < -0.3 is 14.4 Å². The second-order valence-corrected chi connectivity index (χ2v) is 7.77. The number of rotatable bonds is 7. The second-order valence-electron chi connectivity index (χ2n) is 7.34. The van der Waals surface area contributed by atoms with E-state index in [0.717, 1.165) is 42.4 Å². The molecule has 31 heavy (non-hydrogen) atoms. The molecular formula is C23H25ClN4O3. The fourth-order valence-corrected chi connectivity index (χ4v) is 3.66. The molecule has 0 radical (unpaired) electrons. The lowest BCUT2D eigenvalue weighted by Gasteiger charge is -2.34. The Labute approximate surface area is 186 Å². The zero-order valence-corrected chi connectivity index (χ0v) is 18.1. The van der Waals surface area contributed by atoms with Crippen molar-refractivity contribution in [1.82, 2.24) is 20.0 Å². The van der Waals surface area contributed by atoms with E-state index in [-0.39, 0.29) is 5.91 Å². The van der Waals surface area contributed by atoms with Crippen LogP contribution in [0.3, 0.4) is 0 Å². The summed E-state index contributed by atoms with van der Waals surface area (Å²) >= 11 is 5.89. The van der Waals surface area contributed by atoms with Crippen molar-refractivity contribution < 1.29 is 14.3 Å². The molecule has 1 amide bonds. The first-order chi connectivity index (χ1) is 15.1. The van der Waals surface area contributed by atoms with E-state index in [2.05, 4.69) is 15.1 Å². The molecule has 0 saturated carbocycles. The minimum absolute atomic E-state index is 0.0290. The Morgan fingerprint density at radius 2 is 1.84 bits per heavy atom. The smallest absolute Gasteiger partial charge is 0.271 e. The van der Waals surface area contributed by atoms with Crippen molar-refractivity contribution in [2.45, 2.75) is 0 Å². The maximum Gasteiger partial charge on any atom is 0.271 e. The molecule has 4 rings (SSSR count). The van der Waals surface area contributed by atoms with E-state index in [1.165, 1.54) is 0 Å². The van der Waals surface area contributed by atoms with Gasteiger partial charge in [-0.2, -0.15) is 5.10 Å². The topological polar surface area (TPSA) is 70.7 Å². The monoisotopic (exact) mass is 440 g/mol.